The molecule has 106 valence electrons. The predicted molar refractivity (Wildman–Crippen MR) is 75.5 cm³/mol. The van der Waals surface area contributed by atoms with E-state index in [1.54, 1.807) is 7.11 Å². The number of benzene rings is 1. The van der Waals surface area contributed by atoms with E-state index in [0.29, 0.717) is 0 Å². The van der Waals surface area contributed by atoms with E-state index in [9.17, 15) is 4.79 Å². The SMILES string of the molecule is COc1cccc([C@@H](C)NCCCCCC(=O)O)c1. The summed E-state index contributed by atoms with van der Waals surface area (Å²) < 4.78 is 5.20. The summed E-state index contributed by atoms with van der Waals surface area (Å²) in [5, 5.41) is 12.0. The number of carboxylic acid groups (broad SMARTS) is 1. The van der Waals surface area contributed by atoms with Crippen molar-refractivity contribution in [3.8, 4) is 5.75 Å². The molecule has 0 aliphatic heterocycles. The molecule has 0 aliphatic rings. The van der Waals surface area contributed by atoms with Gasteiger partial charge in [0, 0.05) is 12.5 Å². The smallest absolute Gasteiger partial charge is 0.303 e. The van der Waals surface area contributed by atoms with Gasteiger partial charge in [0.2, 0.25) is 0 Å². The maximum Gasteiger partial charge on any atom is 0.303 e. The fraction of sp³-hybridized carbons (Fsp3) is 0.533. The molecule has 0 saturated carbocycles. The molecule has 0 unspecified atom stereocenters. The van der Waals surface area contributed by atoms with Crippen molar-refractivity contribution in [2.24, 2.45) is 0 Å². The van der Waals surface area contributed by atoms with Crippen molar-refractivity contribution < 1.29 is 14.6 Å². The molecular formula is C15H23NO3. The predicted octanol–water partition coefficient (Wildman–Crippen LogP) is 2.99. The third kappa shape index (κ3) is 6.25. The highest BCUT2D eigenvalue weighted by molar-refractivity contribution is 5.66. The van der Waals surface area contributed by atoms with Crippen LogP contribution >= 0.6 is 0 Å². The third-order valence-electron chi connectivity index (χ3n) is 3.11. The third-order valence-corrected chi connectivity index (χ3v) is 3.11. The van der Waals surface area contributed by atoms with E-state index >= 15 is 0 Å². The summed E-state index contributed by atoms with van der Waals surface area (Å²) in [6.07, 6.45) is 2.97. The number of hydrogen-bond acceptors (Lipinski definition) is 3. The molecule has 1 aromatic rings. The first-order valence-electron chi connectivity index (χ1n) is 6.72. The molecule has 0 spiro atoms. The largest absolute Gasteiger partial charge is 0.497 e. The van der Waals surface area contributed by atoms with Gasteiger partial charge in [0.25, 0.3) is 0 Å². The minimum Gasteiger partial charge on any atom is -0.497 e. The highest BCUT2D eigenvalue weighted by atomic mass is 16.5. The van der Waals surface area contributed by atoms with Gasteiger partial charge in [0.05, 0.1) is 7.11 Å². The van der Waals surface area contributed by atoms with Crippen LogP contribution in [0.2, 0.25) is 0 Å². The first kappa shape index (κ1) is 15.5. The minimum atomic E-state index is -0.710. The Kier molecular flexibility index (Phi) is 6.97. The molecule has 19 heavy (non-hydrogen) atoms. The van der Waals surface area contributed by atoms with Crippen molar-refractivity contribution in [1.82, 2.24) is 5.32 Å². The van der Waals surface area contributed by atoms with Crippen LogP contribution in [-0.2, 0) is 4.79 Å². The first-order valence-corrected chi connectivity index (χ1v) is 6.72. The normalized spacial score (nSPS) is 12.1. The van der Waals surface area contributed by atoms with Crippen molar-refractivity contribution in [1.29, 1.82) is 0 Å². The van der Waals surface area contributed by atoms with Crippen molar-refractivity contribution in [3.63, 3.8) is 0 Å². The second-order valence-electron chi connectivity index (χ2n) is 4.66. The van der Waals surface area contributed by atoms with Crippen LogP contribution in [0, 0.1) is 0 Å². The zero-order valence-corrected chi connectivity index (χ0v) is 11.7. The molecule has 0 heterocycles. The number of carbonyl (C=O) groups is 1. The Labute approximate surface area is 114 Å². The molecule has 0 aromatic heterocycles. The Hall–Kier alpha value is -1.55. The van der Waals surface area contributed by atoms with E-state index in [0.717, 1.165) is 31.6 Å². The van der Waals surface area contributed by atoms with Crippen molar-refractivity contribution in [2.75, 3.05) is 13.7 Å². The topological polar surface area (TPSA) is 58.6 Å². The van der Waals surface area contributed by atoms with Gasteiger partial charge in [-0.25, -0.2) is 0 Å². The van der Waals surface area contributed by atoms with Gasteiger partial charge in [-0.05, 0) is 44.0 Å². The molecule has 2 N–H and O–H groups in total. The van der Waals surface area contributed by atoms with E-state index in [1.807, 2.05) is 18.2 Å². The number of methoxy groups -OCH3 is 1. The summed E-state index contributed by atoms with van der Waals surface area (Å²) >= 11 is 0. The Bertz CT molecular complexity index is 393. The van der Waals surface area contributed by atoms with E-state index in [1.165, 1.54) is 5.56 Å². The number of ether oxygens (including phenoxy) is 1. The van der Waals surface area contributed by atoms with Crippen molar-refractivity contribution in [2.45, 2.75) is 38.6 Å². The number of hydrogen-bond donors (Lipinski definition) is 2. The van der Waals surface area contributed by atoms with E-state index in [-0.39, 0.29) is 12.5 Å². The molecule has 0 saturated heterocycles. The summed E-state index contributed by atoms with van der Waals surface area (Å²) in [4.78, 5) is 10.4. The lowest BCUT2D eigenvalue weighted by Gasteiger charge is -2.15. The fourth-order valence-corrected chi connectivity index (χ4v) is 1.93. The number of aliphatic carboxylic acids is 1. The maximum atomic E-state index is 10.4. The highest BCUT2D eigenvalue weighted by Crippen LogP contribution is 2.18. The van der Waals surface area contributed by atoms with Crippen LogP contribution in [0.25, 0.3) is 0 Å². The number of rotatable bonds is 9. The van der Waals surface area contributed by atoms with Crippen LogP contribution in [0.5, 0.6) is 5.75 Å². The van der Waals surface area contributed by atoms with E-state index in [4.69, 9.17) is 9.84 Å². The van der Waals surface area contributed by atoms with Gasteiger partial charge in [-0.15, -0.1) is 0 Å². The lowest BCUT2D eigenvalue weighted by molar-refractivity contribution is -0.137. The van der Waals surface area contributed by atoms with Gasteiger partial charge in [-0.3, -0.25) is 4.79 Å². The highest BCUT2D eigenvalue weighted by Gasteiger charge is 2.05. The van der Waals surface area contributed by atoms with Gasteiger partial charge in [0.1, 0.15) is 5.75 Å². The summed E-state index contributed by atoms with van der Waals surface area (Å²) in [5.41, 5.74) is 1.20. The van der Waals surface area contributed by atoms with Crippen molar-refractivity contribution >= 4 is 5.97 Å². The molecule has 1 rings (SSSR count). The molecular weight excluding hydrogens is 242 g/mol. The van der Waals surface area contributed by atoms with Crippen LogP contribution in [0.4, 0.5) is 0 Å². The lowest BCUT2D eigenvalue weighted by Crippen LogP contribution is -2.19. The fourth-order valence-electron chi connectivity index (χ4n) is 1.93. The summed E-state index contributed by atoms with van der Waals surface area (Å²) in [6, 6.07) is 8.29. The second kappa shape index (κ2) is 8.53. The Morgan fingerprint density at radius 1 is 1.37 bits per heavy atom. The lowest BCUT2D eigenvalue weighted by atomic mass is 10.1. The van der Waals surface area contributed by atoms with Gasteiger partial charge in [0.15, 0.2) is 0 Å². The minimum absolute atomic E-state index is 0.269. The van der Waals surface area contributed by atoms with Crippen LogP contribution in [0.1, 0.15) is 44.2 Å². The van der Waals surface area contributed by atoms with E-state index in [2.05, 4.69) is 18.3 Å². The summed E-state index contributed by atoms with van der Waals surface area (Å²) in [5.74, 6) is 0.158. The summed E-state index contributed by atoms with van der Waals surface area (Å²) in [6.45, 7) is 3.02. The Morgan fingerprint density at radius 2 is 2.16 bits per heavy atom. The van der Waals surface area contributed by atoms with Gasteiger partial charge < -0.3 is 15.2 Å². The molecule has 4 heteroatoms. The molecule has 1 atom stereocenters. The standard InChI is InChI=1S/C15H23NO3/c1-12(13-7-6-8-14(11-13)19-2)16-10-5-3-4-9-15(17)18/h6-8,11-12,16H,3-5,9-10H2,1-2H3,(H,17,18)/t12-/m1/s1. The van der Waals surface area contributed by atoms with Crippen LogP contribution in [-0.4, -0.2) is 24.7 Å². The van der Waals surface area contributed by atoms with Crippen molar-refractivity contribution in [3.05, 3.63) is 29.8 Å². The average molecular weight is 265 g/mol. The maximum absolute atomic E-state index is 10.4. The van der Waals surface area contributed by atoms with Crippen LogP contribution < -0.4 is 10.1 Å². The molecule has 0 radical (unpaired) electrons. The molecule has 0 bridgehead atoms. The van der Waals surface area contributed by atoms with Gasteiger partial charge >= 0.3 is 5.97 Å². The van der Waals surface area contributed by atoms with Crippen LogP contribution in [0.15, 0.2) is 24.3 Å². The quantitative estimate of drug-likeness (QED) is 0.674. The molecule has 0 fully saturated rings. The Balaban J connectivity index is 2.23. The molecule has 0 aliphatic carbocycles. The second-order valence-corrected chi connectivity index (χ2v) is 4.66. The molecule has 0 amide bonds. The zero-order chi connectivity index (χ0) is 14.1. The number of unbranched alkanes of at least 4 members (excludes halogenated alkanes) is 2. The zero-order valence-electron chi connectivity index (χ0n) is 11.7. The van der Waals surface area contributed by atoms with Gasteiger partial charge in [-0.1, -0.05) is 18.6 Å². The first-order chi connectivity index (χ1) is 9.13. The molecule has 1 aromatic carbocycles. The average Bonchev–Trinajstić information content (AvgIpc) is 2.42. The Morgan fingerprint density at radius 3 is 2.84 bits per heavy atom. The van der Waals surface area contributed by atoms with E-state index < -0.39 is 5.97 Å². The monoisotopic (exact) mass is 265 g/mol. The summed E-state index contributed by atoms with van der Waals surface area (Å²) in [7, 11) is 1.67. The van der Waals surface area contributed by atoms with Crippen LogP contribution in [0.3, 0.4) is 0 Å². The molecule has 4 nitrogen and oxygen atoms in total. The number of carboxylic acids is 1. The number of nitrogens with one attached hydrogen (secondary N) is 1. The van der Waals surface area contributed by atoms with Gasteiger partial charge in [-0.2, -0.15) is 0 Å².